The summed E-state index contributed by atoms with van der Waals surface area (Å²) in [6, 6.07) is 0. The third-order valence-electron chi connectivity index (χ3n) is 2.66. The van der Waals surface area contributed by atoms with E-state index in [1.807, 2.05) is 0 Å². The minimum absolute atomic E-state index is 0.299. The molecule has 1 saturated heterocycles. The van der Waals surface area contributed by atoms with Crippen molar-refractivity contribution in [1.82, 2.24) is 0 Å². The average Bonchev–Trinajstić information content (AvgIpc) is 2.07. The first-order valence-electron chi connectivity index (χ1n) is 4.31. The van der Waals surface area contributed by atoms with E-state index in [-0.39, 0.29) is 0 Å². The van der Waals surface area contributed by atoms with Crippen LogP contribution in [0, 0.1) is 5.41 Å². The highest BCUT2D eigenvalue weighted by Gasteiger charge is 2.29. The molecule has 0 amide bonds. The fourth-order valence-electron chi connectivity index (χ4n) is 1.67. The van der Waals surface area contributed by atoms with Gasteiger partial charge in [-0.2, -0.15) is 0 Å². The smallest absolute Gasteiger partial charge is 0.0471 e. The molecule has 3 heteroatoms. The third-order valence-corrected chi connectivity index (χ3v) is 2.66. The van der Waals surface area contributed by atoms with Crippen LogP contribution in [-0.2, 0) is 4.74 Å². The Balaban J connectivity index is 2.42. The van der Waals surface area contributed by atoms with Gasteiger partial charge in [-0.3, -0.25) is 0 Å². The largest absolute Gasteiger partial charge is 0.381 e. The maximum absolute atomic E-state index is 5.71. The van der Waals surface area contributed by atoms with Gasteiger partial charge in [0.1, 0.15) is 0 Å². The molecule has 0 saturated carbocycles. The quantitative estimate of drug-likeness (QED) is 0.612. The van der Waals surface area contributed by atoms with Gasteiger partial charge in [-0.1, -0.05) is 0 Å². The lowest BCUT2D eigenvalue weighted by molar-refractivity contribution is 0.0159. The molecule has 0 aliphatic carbocycles. The molecule has 1 fully saturated rings. The number of rotatable bonds is 3. The molecule has 0 unspecified atom stereocenters. The summed E-state index contributed by atoms with van der Waals surface area (Å²) in [5.74, 6) is 0. The maximum Gasteiger partial charge on any atom is 0.0471 e. The number of ether oxygens (including phenoxy) is 1. The fourth-order valence-corrected chi connectivity index (χ4v) is 1.67. The lowest BCUT2D eigenvalue weighted by Crippen LogP contribution is -2.38. The van der Waals surface area contributed by atoms with Crippen LogP contribution in [0.25, 0.3) is 0 Å². The van der Waals surface area contributed by atoms with Crippen LogP contribution in [0.5, 0.6) is 0 Å². The summed E-state index contributed by atoms with van der Waals surface area (Å²) in [4.78, 5) is 0. The molecular weight excluding hydrogens is 140 g/mol. The Bertz CT molecular complexity index is 105. The van der Waals surface area contributed by atoms with Crippen LogP contribution in [0.3, 0.4) is 0 Å². The Labute approximate surface area is 68.1 Å². The van der Waals surface area contributed by atoms with E-state index in [0.717, 1.165) is 45.6 Å². The van der Waals surface area contributed by atoms with Gasteiger partial charge >= 0.3 is 0 Å². The zero-order valence-electron chi connectivity index (χ0n) is 7.01. The summed E-state index contributed by atoms with van der Waals surface area (Å²) in [6.45, 7) is 3.22. The lowest BCUT2D eigenvalue weighted by Gasteiger charge is -2.35. The molecule has 1 heterocycles. The van der Waals surface area contributed by atoms with E-state index in [1.54, 1.807) is 0 Å². The van der Waals surface area contributed by atoms with E-state index in [1.165, 1.54) is 0 Å². The van der Waals surface area contributed by atoms with Gasteiger partial charge in [-0.15, -0.1) is 0 Å². The first kappa shape index (κ1) is 8.97. The molecule has 0 atom stereocenters. The molecule has 0 aromatic carbocycles. The molecule has 0 aromatic rings. The van der Waals surface area contributed by atoms with Gasteiger partial charge in [0.15, 0.2) is 0 Å². The minimum Gasteiger partial charge on any atom is -0.381 e. The molecule has 0 radical (unpaired) electrons. The molecular formula is C8H18N2O. The van der Waals surface area contributed by atoms with Crippen molar-refractivity contribution >= 4 is 0 Å². The van der Waals surface area contributed by atoms with Crippen LogP contribution in [0.15, 0.2) is 0 Å². The Morgan fingerprint density at radius 3 is 2.27 bits per heavy atom. The molecule has 0 aromatic heterocycles. The Hall–Kier alpha value is -0.120. The van der Waals surface area contributed by atoms with E-state index >= 15 is 0 Å². The topological polar surface area (TPSA) is 61.3 Å². The Morgan fingerprint density at radius 1 is 1.18 bits per heavy atom. The highest BCUT2D eigenvalue weighted by atomic mass is 16.5. The molecule has 4 N–H and O–H groups in total. The van der Waals surface area contributed by atoms with Crippen LogP contribution >= 0.6 is 0 Å². The molecule has 1 aliphatic heterocycles. The number of hydrogen-bond acceptors (Lipinski definition) is 3. The van der Waals surface area contributed by atoms with Crippen molar-refractivity contribution in [2.24, 2.45) is 16.9 Å². The van der Waals surface area contributed by atoms with Gasteiger partial charge in [-0.05, 0) is 37.8 Å². The van der Waals surface area contributed by atoms with Crippen LogP contribution in [0.4, 0.5) is 0 Å². The van der Waals surface area contributed by atoms with E-state index < -0.39 is 0 Å². The molecule has 1 rings (SSSR count). The first-order chi connectivity index (χ1) is 5.33. The molecule has 1 aliphatic rings. The normalized spacial score (nSPS) is 23.5. The lowest BCUT2D eigenvalue weighted by atomic mass is 9.77. The van der Waals surface area contributed by atoms with Gasteiger partial charge in [0.2, 0.25) is 0 Å². The van der Waals surface area contributed by atoms with Gasteiger partial charge in [-0.25, -0.2) is 0 Å². The minimum atomic E-state index is 0.299. The van der Waals surface area contributed by atoms with E-state index in [4.69, 9.17) is 16.2 Å². The molecule has 66 valence electrons. The van der Waals surface area contributed by atoms with Crippen molar-refractivity contribution in [2.75, 3.05) is 26.3 Å². The highest BCUT2D eigenvalue weighted by molar-refractivity contribution is 4.82. The van der Waals surface area contributed by atoms with Crippen LogP contribution in [0.2, 0.25) is 0 Å². The van der Waals surface area contributed by atoms with Gasteiger partial charge in [0.05, 0.1) is 0 Å². The van der Waals surface area contributed by atoms with Crippen molar-refractivity contribution in [3.63, 3.8) is 0 Å². The standard InChI is InChI=1S/C8H18N2O/c9-4-1-8(7-10)2-5-11-6-3-8/h1-7,9-10H2. The average molecular weight is 158 g/mol. The molecule has 0 bridgehead atoms. The fraction of sp³-hybridized carbons (Fsp3) is 1.00. The summed E-state index contributed by atoms with van der Waals surface area (Å²) >= 11 is 0. The summed E-state index contributed by atoms with van der Waals surface area (Å²) in [5.41, 5.74) is 11.5. The zero-order valence-corrected chi connectivity index (χ0v) is 7.01. The monoisotopic (exact) mass is 158 g/mol. The highest BCUT2D eigenvalue weighted by Crippen LogP contribution is 2.32. The van der Waals surface area contributed by atoms with Crippen molar-refractivity contribution in [3.8, 4) is 0 Å². The summed E-state index contributed by atoms with van der Waals surface area (Å²) in [5, 5.41) is 0. The van der Waals surface area contributed by atoms with Gasteiger partial charge in [0.25, 0.3) is 0 Å². The molecule has 11 heavy (non-hydrogen) atoms. The van der Waals surface area contributed by atoms with E-state index in [9.17, 15) is 0 Å². The van der Waals surface area contributed by atoms with Crippen molar-refractivity contribution in [3.05, 3.63) is 0 Å². The van der Waals surface area contributed by atoms with Gasteiger partial charge in [0, 0.05) is 13.2 Å². The first-order valence-corrected chi connectivity index (χ1v) is 4.31. The second-order valence-electron chi connectivity index (χ2n) is 3.36. The van der Waals surface area contributed by atoms with Crippen LogP contribution in [-0.4, -0.2) is 26.3 Å². The van der Waals surface area contributed by atoms with Crippen molar-refractivity contribution in [1.29, 1.82) is 0 Å². The summed E-state index contributed by atoms with van der Waals surface area (Å²) in [6.07, 6.45) is 3.22. The van der Waals surface area contributed by atoms with Crippen LogP contribution in [0.1, 0.15) is 19.3 Å². The molecule has 3 nitrogen and oxygen atoms in total. The SMILES string of the molecule is NCCC1(CN)CCOCC1. The third kappa shape index (κ3) is 2.15. The number of hydrogen-bond donors (Lipinski definition) is 2. The van der Waals surface area contributed by atoms with Gasteiger partial charge < -0.3 is 16.2 Å². The van der Waals surface area contributed by atoms with Crippen molar-refractivity contribution < 1.29 is 4.74 Å². The summed E-state index contributed by atoms with van der Waals surface area (Å²) < 4.78 is 5.28. The summed E-state index contributed by atoms with van der Waals surface area (Å²) in [7, 11) is 0. The predicted molar refractivity (Wildman–Crippen MR) is 45.2 cm³/mol. The Kier molecular flexibility index (Phi) is 3.30. The van der Waals surface area contributed by atoms with Crippen LogP contribution < -0.4 is 11.5 Å². The second kappa shape index (κ2) is 4.04. The zero-order chi connectivity index (χ0) is 8.16. The number of nitrogens with two attached hydrogens (primary N) is 2. The van der Waals surface area contributed by atoms with E-state index in [2.05, 4.69) is 0 Å². The predicted octanol–water partition coefficient (Wildman–Crippen LogP) is 0.0907. The van der Waals surface area contributed by atoms with Crippen molar-refractivity contribution in [2.45, 2.75) is 19.3 Å². The molecule has 0 spiro atoms. The van der Waals surface area contributed by atoms with E-state index in [0.29, 0.717) is 5.41 Å². The second-order valence-corrected chi connectivity index (χ2v) is 3.36. The Morgan fingerprint density at radius 2 is 1.82 bits per heavy atom. The maximum atomic E-state index is 5.71.